The lowest BCUT2D eigenvalue weighted by Gasteiger charge is -2.23. The van der Waals surface area contributed by atoms with E-state index in [0.717, 1.165) is 11.1 Å². The van der Waals surface area contributed by atoms with Crippen molar-refractivity contribution in [2.75, 3.05) is 0 Å². The minimum Gasteiger partial charge on any atom is -0.384 e. The van der Waals surface area contributed by atoms with Crippen LogP contribution < -0.4 is 0 Å². The van der Waals surface area contributed by atoms with E-state index in [2.05, 4.69) is 5.92 Å². The second kappa shape index (κ2) is 3.64. The van der Waals surface area contributed by atoms with Gasteiger partial charge >= 0.3 is 0 Å². The van der Waals surface area contributed by atoms with Crippen molar-refractivity contribution in [3.63, 3.8) is 0 Å². The molecule has 0 spiro atoms. The third kappa shape index (κ3) is 2.11. The number of terminal acetylenes is 1. The van der Waals surface area contributed by atoms with Crippen LogP contribution in [0.1, 0.15) is 24.5 Å². The van der Waals surface area contributed by atoms with Gasteiger partial charge < -0.3 is 5.11 Å². The van der Waals surface area contributed by atoms with Crippen molar-refractivity contribution in [2.45, 2.75) is 25.9 Å². The molecule has 1 atom stereocenters. The maximum absolute atomic E-state index is 10.0. The van der Waals surface area contributed by atoms with Gasteiger partial charge in [0.2, 0.25) is 0 Å². The summed E-state index contributed by atoms with van der Waals surface area (Å²) in [6, 6.07) is 7.74. The van der Waals surface area contributed by atoms with Gasteiger partial charge in [-0.2, -0.15) is 0 Å². The largest absolute Gasteiger partial charge is 0.384 e. The molecule has 0 fully saturated rings. The summed E-state index contributed by atoms with van der Waals surface area (Å²) < 4.78 is 0. The highest BCUT2D eigenvalue weighted by molar-refractivity contribution is 5.31. The third-order valence-corrected chi connectivity index (χ3v) is 2.17. The van der Waals surface area contributed by atoms with Crippen LogP contribution in [0.15, 0.2) is 24.3 Å². The Labute approximate surface area is 79.4 Å². The Morgan fingerprint density at radius 3 is 2.62 bits per heavy atom. The van der Waals surface area contributed by atoms with Gasteiger partial charge in [-0.05, 0) is 25.0 Å². The number of benzene rings is 1. The van der Waals surface area contributed by atoms with Crippen molar-refractivity contribution in [1.82, 2.24) is 0 Å². The SMILES string of the molecule is C#CCC(C)(O)c1ccccc1C. The zero-order chi connectivity index (χ0) is 9.90. The lowest BCUT2D eigenvalue weighted by Crippen LogP contribution is -2.21. The maximum Gasteiger partial charge on any atom is 0.0979 e. The van der Waals surface area contributed by atoms with Gasteiger partial charge in [-0.3, -0.25) is 0 Å². The second-order valence-electron chi connectivity index (χ2n) is 3.47. The smallest absolute Gasteiger partial charge is 0.0979 e. The van der Waals surface area contributed by atoms with E-state index >= 15 is 0 Å². The summed E-state index contributed by atoms with van der Waals surface area (Å²) in [6.07, 6.45) is 5.54. The minimum absolute atomic E-state index is 0.345. The molecule has 0 aliphatic rings. The zero-order valence-electron chi connectivity index (χ0n) is 8.04. The summed E-state index contributed by atoms with van der Waals surface area (Å²) >= 11 is 0. The summed E-state index contributed by atoms with van der Waals surface area (Å²) in [7, 11) is 0. The van der Waals surface area contributed by atoms with Gasteiger partial charge in [0.25, 0.3) is 0 Å². The molecule has 0 aliphatic carbocycles. The lowest BCUT2D eigenvalue weighted by atomic mass is 9.89. The molecule has 1 N–H and O–H groups in total. The zero-order valence-corrected chi connectivity index (χ0v) is 8.04. The van der Waals surface area contributed by atoms with Crippen LogP contribution in [-0.2, 0) is 5.60 Å². The van der Waals surface area contributed by atoms with Gasteiger partial charge in [0, 0.05) is 6.42 Å². The Morgan fingerprint density at radius 1 is 1.46 bits per heavy atom. The predicted molar refractivity (Wildman–Crippen MR) is 54.2 cm³/mol. The molecule has 1 aromatic carbocycles. The normalized spacial score (nSPS) is 14.6. The van der Waals surface area contributed by atoms with Gasteiger partial charge in [0.15, 0.2) is 0 Å². The van der Waals surface area contributed by atoms with E-state index in [1.807, 2.05) is 31.2 Å². The lowest BCUT2D eigenvalue weighted by molar-refractivity contribution is 0.0623. The van der Waals surface area contributed by atoms with Crippen molar-refractivity contribution >= 4 is 0 Å². The first kappa shape index (κ1) is 9.83. The Morgan fingerprint density at radius 2 is 2.08 bits per heavy atom. The number of aliphatic hydroxyl groups is 1. The van der Waals surface area contributed by atoms with Gasteiger partial charge in [-0.1, -0.05) is 24.3 Å². The van der Waals surface area contributed by atoms with E-state index in [1.54, 1.807) is 6.92 Å². The van der Waals surface area contributed by atoms with Gasteiger partial charge in [0.1, 0.15) is 0 Å². The van der Waals surface area contributed by atoms with E-state index in [-0.39, 0.29) is 0 Å². The average Bonchev–Trinajstić information content (AvgIpc) is 2.04. The standard InChI is InChI=1S/C12H14O/c1-4-9-12(3,13)11-8-6-5-7-10(11)2/h1,5-8,13H,9H2,2-3H3. The molecule has 0 bridgehead atoms. The third-order valence-electron chi connectivity index (χ3n) is 2.17. The fraction of sp³-hybridized carbons (Fsp3) is 0.333. The molecule has 1 heteroatoms. The van der Waals surface area contributed by atoms with E-state index in [0.29, 0.717) is 6.42 Å². The number of hydrogen-bond donors (Lipinski definition) is 1. The first-order chi connectivity index (χ1) is 6.08. The van der Waals surface area contributed by atoms with Crippen LogP contribution in [0.25, 0.3) is 0 Å². The summed E-state index contributed by atoms with van der Waals surface area (Å²) in [5.41, 5.74) is 1.08. The van der Waals surface area contributed by atoms with E-state index in [9.17, 15) is 5.11 Å². The Balaban J connectivity index is 3.08. The van der Waals surface area contributed by atoms with Crippen molar-refractivity contribution in [3.05, 3.63) is 35.4 Å². The summed E-state index contributed by atoms with van der Waals surface area (Å²) in [5, 5.41) is 10.0. The van der Waals surface area contributed by atoms with E-state index in [4.69, 9.17) is 6.42 Å². The molecule has 0 saturated heterocycles. The van der Waals surface area contributed by atoms with Crippen LogP contribution in [0, 0.1) is 19.3 Å². The van der Waals surface area contributed by atoms with Gasteiger partial charge in [-0.25, -0.2) is 0 Å². The summed E-state index contributed by atoms with van der Waals surface area (Å²) in [4.78, 5) is 0. The molecule has 0 aromatic heterocycles. The fourth-order valence-electron chi connectivity index (χ4n) is 1.47. The molecule has 0 heterocycles. The molecule has 0 saturated carbocycles. The Bertz CT molecular complexity index is 331. The molecule has 1 nitrogen and oxygen atoms in total. The Hall–Kier alpha value is -1.26. The number of hydrogen-bond acceptors (Lipinski definition) is 1. The maximum atomic E-state index is 10.0. The second-order valence-corrected chi connectivity index (χ2v) is 3.47. The van der Waals surface area contributed by atoms with E-state index < -0.39 is 5.60 Å². The average molecular weight is 174 g/mol. The molecule has 0 radical (unpaired) electrons. The first-order valence-corrected chi connectivity index (χ1v) is 4.30. The molecule has 13 heavy (non-hydrogen) atoms. The molecular formula is C12H14O. The van der Waals surface area contributed by atoms with E-state index in [1.165, 1.54) is 0 Å². The monoisotopic (exact) mass is 174 g/mol. The highest BCUT2D eigenvalue weighted by Gasteiger charge is 2.22. The molecule has 68 valence electrons. The van der Waals surface area contributed by atoms with Crippen LogP contribution in [0.2, 0.25) is 0 Å². The topological polar surface area (TPSA) is 20.2 Å². The van der Waals surface area contributed by atoms with Crippen LogP contribution in [0.3, 0.4) is 0 Å². The van der Waals surface area contributed by atoms with Crippen LogP contribution in [0.4, 0.5) is 0 Å². The quantitative estimate of drug-likeness (QED) is 0.682. The van der Waals surface area contributed by atoms with Gasteiger partial charge in [-0.15, -0.1) is 12.3 Å². The fourth-order valence-corrected chi connectivity index (χ4v) is 1.47. The minimum atomic E-state index is -0.903. The highest BCUT2D eigenvalue weighted by Crippen LogP contribution is 2.26. The molecule has 0 amide bonds. The van der Waals surface area contributed by atoms with Crippen molar-refractivity contribution < 1.29 is 5.11 Å². The molecule has 1 unspecified atom stereocenters. The van der Waals surface area contributed by atoms with Crippen molar-refractivity contribution in [2.24, 2.45) is 0 Å². The summed E-state index contributed by atoms with van der Waals surface area (Å²) in [6.45, 7) is 3.72. The molecule has 0 aliphatic heterocycles. The first-order valence-electron chi connectivity index (χ1n) is 4.30. The van der Waals surface area contributed by atoms with Crippen molar-refractivity contribution in [3.8, 4) is 12.3 Å². The number of rotatable bonds is 2. The molecular weight excluding hydrogens is 160 g/mol. The van der Waals surface area contributed by atoms with Crippen LogP contribution in [0.5, 0.6) is 0 Å². The van der Waals surface area contributed by atoms with Crippen molar-refractivity contribution in [1.29, 1.82) is 0 Å². The summed E-state index contributed by atoms with van der Waals surface area (Å²) in [5.74, 6) is 2.48. The predicted octanol–water partition coefficient (Wildman–Crippen LogP) is 2.23. The molecule has 1 rings (SSSR count). The highest BCUT2D eigenvalue weighted by atomic mass is 16.3. The number of aryl methyl sites for hydroxylation is 1. The van der Waals surface area contributed by atoms with Crippen LogP contribution in [-0.4, -0.2) is 5.11 Å². The Kier molecular flexibility index (Phi) is 2.75. The molecule has 1 aromatic rings. The van der Waals surface area contributed by atoms with Gasteiger partial charge in [0.05, 0.1) is 5.60 Å². The van der Waals surface area contributed by atoms with Crippen LogP contribution >= 0.6 is 0 Å².